The van der Waals surface area contributed by atoms with Crippen LogP contribution in [0.15, 0.2) is 30.5 Å². The highest BCUT2D eigenvalue weighted by atomic mass is 16.5. The van der Waals surface area contributed by atoms with Crippen molar-refractivity contribution in [2.24, 2.45) is 5.41 Å². The highest BCUT2D eigenvalue weighted by Gasteiger charge is 2.24. The van der Waals surface area contributed by atoms with E-state index in [1.165, 1.54) is 0 Å². The molecule has 3 N–H and O–H groups in total. The number of aliphatic hydroxyl groups is 2. The number of aromatic amines is 1. The lowest BCUT2D eigenvalue weighted by Crippen LogP contribution is -2.38. The van der Waals surface area contributed by atoms with Crippen LogP contribution in [0, 0.1) is 5.41 Å². The quantitative estimate of drug-likeness (QED) is 0.687. The Bertz CT molecular complexity index is 606. The summed E-state index contributed by atoms with van der Waals surface area (Å²) >= 11 is 0. The van der Waals surface area contributed by atoms with E-state index in [0.717, 1.165) is 22.6 Å². The van der Waals surface area contributed by atoms with Crippen molar-refractivity contribution in [1.29, 1.82) is 0 Å². The molecule has 126 valence electrons. The highest BCUT2D eigenvalue weighted by molar-refractivity contribution is 5.63. The van der Waals surface area contributed by atoms with E-state index in [-0.39, 0.29) is 13.2 Å². The van der Waals surface area contributed by atoms with Gasteiger partial charge in [-0.15, -0.1) is 0 Å². The van der Waals surface area contributed by atoms with Gasteiger partial charge in [0.15, 0.2) is 0 Å². The average molecular weight is 319 g/mol. The van der Waals surface area contributed by atoms with Crippen molar-refractivity contribution in [2.45, 2.75) is 13.5 Å². The fourth-order valence-corrected chi connectivity index (χ4v) is 2.59. The summed E-state index contributed by atoms with van der Waals surface area (Å²) in [7, 11) is 3.61. The van der Waals surface area contributed by atoms with Gasteiger partial charge < -0.3 is 19.8 Å². The van der Waals surface area contributed by atoms with Gasteiger partial charge in [0.25, 0.3) is 0 Å². The van der Waals surface area contributed by atoms with Crippen LogP contribution in [-0.4, -0.2) is 59.2 Å². The first kappa shape index (κ1) is 17.5. The average Bonchev–Trinajstić information content (AvgIpc) is 3.02. The minimum absolute atomic E-state index is 0.0510. The van der Waals surface area contributed by atoms with E-state index >= 15 is 0 Å². The van der Waals surface area contributed by atoms with Gasteiger partial charge in [0.1, 0.15) is 5.75 Å². The van der Waals surface area contributed by atoms with Gasteiger partial charge in [0, 0.05) is 29.6 Å². The van der Waals surface area contributed by atoms with Crippen molar-refractivity contribution in [3.63, 3.8) is 0 Å². The molecule has 0 fully saturated rings. The van der Waals surface area contributed by atoms with E-state index in [2.05, 4.69) is 15.1 Å². The number of H-pyrrole nitrogens is 1. The van der Waals surface area contributed by atoms with Crippen LogP contribution in [0.3, 0.4) is 0 Å². The Kier molecular flexibility index (Phi) is 5.76. The molecule has 0 unspecified atom stereocenters. The van der Waals surface area contributed by atoms with Crippen LogP contribution in [0.4, 0.5) is 0 Å². The molecule has 6 heteroatoms. The summed E-state index contributed by atoms with van der Waals surface area (Å²) < 4.78 is 5.18. The maximum atomic E-state index is 9.43. The van der Waals surface area contributed by atoms with Crippen molar-refractivity contribution in [2.75, 3.05) is 33.9 Å². The van der Waals surface area contributed by atoms with Crippen molar-refractivity contribution >= 4 is 0 Å². The number of rotatable bonds is 8. The van der Waals surface area contributed by atoms with Gasteiger partial charge in [-0.2, -0.15) is 5.10 Å². The molecule has 0 aliphatic rings. The molecule has 0 bridgehead atoms. The molecule has 0 saturated carbocycles. The van der Waals surface area contributed by atoms with Gasteiger partial charge in [-0.25, -0.2) is 0 Å². The molecule has 0 radical (unpaired) electrons. The highest BCUT2D eigenvalue weighted by Crippen LogP contribution is 2.25. The molecule has 1 aromatic carbocycles. The van der Waals surface area contributed by atoms with E-state index in [9.17, 15) is 10.2 Å². The van der Waals surface area contributed by atoms with E-state index in [1.54, 1.807) is 7.11 Å². The topological polar surface area (TPSA) is 81.6 Å². The monoisotopic (exact) mass is 319 g/mol. The summed E-state index contributed by atoms with van der Waals surface area (Å²) in [6.45, 7) is 3.03. The Morgan fingerprint density at radius 3 is 2.43 bits per heavy atom. The maximum absolute atomic E-state index is 9.43. The Balaban J connectivity index is 2.11. The number of nitrogens with zero attached hydrogens (tertiary/aromatic N) is 2. The second-order valence-electron chi connectivity index (χ2n) is 6.30. The molecule has 6 nitrogen and oxygen atoms in total. The number of aromatic nitrogens is 2. The molecule has 0 amide bonds. The van der Waals surface area contributed by atoms with Crippen LogP contribution >= 0.6 is 0 Å². The number of benzene rings is 1. The van der Waals surface area contributed by atoms with Crippen molar-refractivity contribution in [1.82, 2.24) is 15.1 Å². The molecule has 0 atom stereocenters. The Labute approximate surface area is 136 Å². The predicted octanol–water partition coefficient (Wildman–Crippen LogP) is 1.51. The molecule has 0 saturated heterocycles. The number of hydrogen-bond donors (Lipinski definition) is 3. The zero-order valence-electron chi connectivity index (χ0n) is 13.9. The zero-order valence-corrected chi connectivity index (χ0v) is 13.9. The second-order valence-corrected chi connectivity index (χ2v) is 6.30. The van der Waals surface area contributed by atoms with Gasteiger partial charge in [-0.05, 0) is 31.3 Å². The number of aliphatic hydroxyl groups excluding tert-OH is 2. The molecule has 0 aliphatic heterocycles. The van der Waals surface area contributed by atoms with Gasteiger partial charge in [-0.1, -0.05) is 6.92 Å². The van der Waals surface area contributed by atoms with Gasteiger partial charge in [0.05, 0.1) is 32.2 Å². The molecule has 0 aliphatic carbocycles. The first-order valence-corrected chi connectivity index (χ1v) is 7.58. The SMILES string of the molecule is COc1ccc(-c2[nH]ncc2CN(C)CC(C)(CO)CO)cc1. The minimum atomic E-state index is -0.515. The predicted molar refractivity (Wildman–Crippen MR) is 89.2 cm³/mol. The first-order valence-electron chi connectivity index (χ1n) is 7.58. The molecule has 2 aromatic rings. The summed E-state index contributed by atoms with van der Waals surface area (Å²) in [5.41, 5.74) is 2.56. The lowest BCUT2D eigenvalue weighted by molar-refractivity contribution is 0.0402. The third-order valence-electron chi connectivity index (χ3n) is 3.95. The van der Waals surface area contributed by atoms with Crippen LogP contribution < -0.4 is 4.74 Å². The summed E-state index contributed by atoms with van der Waals surface area (Å²) in [6.07, 6.45) is 1.81. The third-order valence-corrected chi connectivity index (χ3v) is 3.95. The Hall–Kier alpha value is -1.89. The van der Waals surface area contributed by atoms with Gasteiger partial charge in [0.2, 0.25) is 0 Å². The van der Waals surface area contributed by atoms with Crippen LogP contribution in [0.1, 0.15) is 12.5 Å². The maximum Gasteiger partial charge on any atom is 0.118 e. The van der Waals surface area contributed by atoms with E-state index in [1.807, 2.05) is 44.4 Å². The largest absolute Gasteiger partial charge is 0.497 e. The fourth-order valence-electron chi connectivity index (χ4n) is 2.59. The Morgan fingerprint density at radius 1 is 1.22 bits per heavy atom. The first-order chi connectivity index (χ1) is 11.0. The van der Waals surface area contributed by atoms with Crippen molar-refractivity contribution in [3.05, 3.63) is 36.0 Å². The molecule has 23 heavy (non-hydrogen) atoms. The normalized spacial score (nSPS) is 11.9. The fraction of sp³-hybridized carbons (Fsp3) is 0.471. The van der Waals surface area contributed by atoms with Crippen molar-refractivity contribution < 1.29 is 14.9 Å². The smallest absolute Gasteiger partial charge is 0.118 e. The van der Waals surface area contributed by atoms with E-state index < -0.39 is 5.41 Å². The second kappa shape index (κ2) is 7.59. The lowest BCUT2D eigenvalue weighted by Gasteiger charge is -2.30. The summed E-state index contributed by atoms with van der Waals surface area (Å²) in [6, 6.07) is 7.80. The molecule has 0 spiro atoms. The van der Waals surface area contributed by atoms with Crippen LogP contribution in [-0.2, 0) is 6.54 Å². The van der Waals surface area contributed by atoms with Crippen LogP contribution in [0.2, 0.25) is 0 Å². The molecular formula is C17H25N3O3. The van der Waals surface area contributed by atoms with Crippen LogP contribution in [0.25, 0.3) is 11.3 Å². The zero-order chi connectivity index (χ0) is 16.9. The van der Waals surface area contributed by atoms with E-state index in [4.69, 9.17) is 4.74 Å². The summed E-state index contributed by atoms with van der Waals surface area (Å²) in [4.78, 5) is 2.07. The number of nitrogens with one attached hydrogen (secondary N) is 1. The molecular weight excluding hydrogens is 294 g/mol. The number of ether oxygens (including phenoxy) is 1. The van der Waals surface area contributed by atoms with Gasteiger partial charge >= 0.3 is 0 Å². The lowest BCUT2D eigenvalue weighted by atomic mass is 9.92. The molecule has 1 heterocycles. The molecule has 2 rings (SSSR count). The van der Waals surface area contributed by atoms with Gasteiger partial charge in [-0.3, -0.25) is 5.10 Å². The number of methoxy groups -OCH3 is 1. The van der Waals surface area contributed by atoms with E-state index in [0.29, 0.717) is 13.1 Å². The minimum Gasteiger partial charge on any atom is -0.497 e. The standard InChI is InChI=1S/C17H25N3O3/c1-17(11-21,12-22)10-20(2)9-14-8-18-19-16(14)13-4-6-15(23-3)7-5-13/h4-8,21-22H,9-12H2,1-3H3,(H,18,19). The number of hydrogen-bond acceptors (Lipinski definition) is 5. The van der Waals surface area contributed by atoms with Crippen molar-refractivity contribution in [3.8, 4) is 17.0 Å². The summed E-state index contributed by atoms with van der Waals surface area (Å²) in [5.74, 6) is 0.814. The summed E-state index contributed by atoms with van der Waals surface area (Å²) in [5, 5.41) is 26.0. The molecule has 1 aromatic heterocycles. The Morgan fingerprint density at radius 2 is 1.87 bits per heavy atom. The third kappa shape index (κ3) is 4.31. The van der Waals surface area contributed by atoms with Crippen LogP contribution in [0.5, 0.6) is 5.75 Å².